The molecule has 6 heteroatoms. The average molecular weight is 306 g/mol. The van der Waals surface area contributed by atoms with Crippen LogP contribution in [0.4, 0.5) is 5.69 Å². The van der Waals surface area contributed by atoms with Gasteiger partial charge in [-0.2, -0.15) is 0 Å². The Morgan fingerprint density at radius 2 is 2.09 bits per heavy atom. The summed E-state index contributed by atoms with van der Waals surface area (Å²) in [6.07, 6.45) is 6.26. The number of hydrogen-bond donors (Lipinski definition) is 2. The highest BCUT2D eigenvalue weighted by atomic mass is 16.5. The molecular formula is C16H22N2O4. The summed E-state index contributed by atoms with van der Waals surface area (Å²) in [5.41, 5.74) is 6.52. The van der Waals surface area contributed by atoms with Gasteiger partial charge >= 0.3 is 0 Å². The molecule has 1 fully saturated rings. The van der Waals surface area contributed by atoms with Crippen LogP contribution in [0.25, 0.3) is 0 Å². The van der Waals surface area contributed by atoms with Gasteiger partial charge < -0.3 is 20.5 Å². The smallest absolute Gasteiger partial charge is 0.258 e. The minimum Gasteiger partial charge on any atom is -0.493 e. The lowest BCUT2D eigenvalue weighted by Gasteiger charge is -2.23. The lowest BCUT2D eigenvalue weighted by atomic mass is 9.95. The van der Waals surface area contributed by atoms with Crippen molar-refractivity contribution in [2.24, 2.45) is 0 Å². The van der Waals surface area contributed by atoms with Crippen LogP contribution in [0.5, 0.6) is 11.5 Å². The number of hydrogen-bond acceptors (Lipinski definition) is 5. The van der Waals surface area contributed by atoms with Gasteiger partial charge in [-0.3, -0.25) is 9.59 Å². The minimum atomic E-state index is -0.173. The van der Waals surface area contributed by atoms with E-state index in [1.165, 1.54) is 25.7 Å². The van der Waals surface area contributed by atoms with E-state index in [4.69, 9.17) is 15.2 Å². The largest absolute Gasteiger partial charge is 0.493 e. The topological polar surface area (TPSA) is 90.7 Å². The molecule has 1 aliphatic carbocycles. The molecule has 1 aliphatic rings. The average Bonchev–Trinajstić information content (AvgIpc) is 2.53. The van der Waals surface area contributed by atoms with Gasteiger partial charge in [-0.25, -0.2) is 0 Å². The van der Waals surface area contributed by atoms with Crippen LogP contribution in [0.2, 0.25) is 0 Å². The Labute approximate surface area is 130 Å². The lowest BCUT2D eigenvalue weighted by Crippen LogP contribution is -2.39. The Hall–Kier alpha value is -2.24. The molecule has 1 aromatic carbocycles. The number of anilines is 1. The van der Waals surface area contributed by atoms with E-state index in [1.54, 1.807) is 0 Å². The van der Waals surface area contributed by atoms with Crippen molar-refractivity contribution in [2.45, 2.75) is 38.1 Å². The van der Waals surface area contributed by atoms with Crippen LogP contribution < -0.4 is 20.5 Å². The fourth-order valence-electron chi connectivity index (χ4n) is 2.67. The highest BCUT2D eigenvalue weighted by molar-refractivity contribution is 5.81. The van der Waals surface area contributed by atoms with E-state index in [0.29, 0.717) is 17.6 Å². The number of ether oxygens (including phenoxy) is 2. The van der Waals surface area contributed by atoms with Gasteiger partial charge in [0.2, 0.25) is 0 Å². The molecule has 1 saturated carbocycles. The second-order valence-electron chi connectivity index (χ2n) is 5.45. The van der Waals surface area contributed by atoms with Gasteiger partial charge in [-0.1, -0.05) is 19.3 Å². The summed E-state index contributed by atoms with van der Waals surface area (Å²) in [5.74, 6) is 0.451. The summed E-state index contributed by atoms with van der Waals surface area (Å²) in [6.45, 7) is -0.127. The predicted molar refractivity (Wildman–Crippen MR) is 83.3 cm³/mol. The highest BCUT2D eigenvalue weighted by Gasteiger charge is 2.17. The molecule has 0 radical (unpaired) electrons. The van der Waals surface area contributed by atoms with Crippen molar-refractivity contribution in [3.8, 4) is 11.5 Å². The molecule has 0 aliphatic heterocycles. The monoisotopic (exact) mass is 306 g/mol. The Bertz CT molecular complexity index is 539. The van der Waals surface area contributed by atoms with Crippen molar-refractivity contribution in [1.82, 2.24) is 5.32 Å². The molecule has 3 N–H and O–H groups in total. The number of methoxy groups -OCH3 is 1. The van der Waals surface area contributed by atoms with Crippen LogP contribution >= 0.6 is 0 Å². The van der Waals surface area contributed by atoms with Crippen LogP contribution in [0.3, 0.4) is 0 Å². The zero-order chi connectivity index (χ0) is 15.9. The molecule has 22 heavy (non-hydrogen) atoms. The molecule has 0 spiro atoms. The minimum absolute atomic E-state index is 0.127. The van der Waals surface area contributed by atoms with E-state index in [2.05, 4.69) is 5.32 Å². The van der Waals surface area contributed by atoms with Gasteiger partial charge in [0.05, 0.1) is 12.8 Å². The van der Waals surface area contributed by atoms with Crippen molar-refractivity contribution in [3.05, 3.63) is 17.7 Å². The summed E-state index contributed by atoms with van der Waals surface area (Å²) in [6, 6.07) is 3.25. The van der Waals surface area contributed by atoms with E-state index in [1.807, 2.05) is 0 Å². The number of aldehydes is 1. The molecule has 0 atom stereocenters. The predicted octanol–water partition coefficient (Wildman–Crippen LogP) is 1.92. The molecule has 0 aromatic heterocycles. The number of nitrogens with two attached hydrogens (primary N) is 1. The van der Waals surface area contributed by atoms with Gasteiger partial charge in [0.25, 0.3) is 5.91 Å². The summed E-state index contributed by atoms with van der Waals surface area (Å²) in [4.78, 5) is 22.8. The molecule has 6 nitrogen and oxygen atoms in total. The molecule has 0 heterocycles. The number of carbonyl (C=O) groups excluding carboxylic acids is 2. The first-order valence-corrected chi connectivity index (χ1v) is 7.49. The summed E-state index contributed by atoms with van der Waals surface area (Å²) in [5, 5.41) is 2.97. The molecule has 0 saturated heterocycles. The Kier molecular flexibility index (Phi) is 5.63. The van der Waals surface area contributed by atoms with Gasteiger partial charge in [0.15, 0.2) is 18.1 Å². The fraction of sp³-hybridized carbons (Fsp3) is 0.500. The lowest BCUT2D eigenvalue weighted by molar-refractivity contribution is -0.124. The van der Waals surface area contributed by atoms with Gasteiger partial charge in [0, 0.05) is 11.6 Å². The second-order valence-corrected chi connectivity index (χ2v) is 5.45. The van der Waals surface area contributed by atoms with Crippen LogP contribution in [0.1, 0.15) is 42.5 Å². The number of rotatable bonds is 6. The molecule has 0 unspecified atom stereocenters. The quantitative estimate of drug-likeness (QED) is 0.619. The highest BCUT2D eigenvalue weighted by Crippen LogP contribution is 2.34. The Balaban J connectivity index is 1.95. The third-order valence-electron chi connectivity index (χ3n) is 3.78. The summed E-state index contributed by atoms with van der Waals surface area (Å²) in [7, 11) is 1.46. The van der Waals surface area contributed by atoms with Crippen molar-refractivity contribution in [3.63, 3.8) is 0 Å². The van der Waals surface area contributed by atoms with E-state index in [0.717, 1.165) is 25.7 Å². The molecule has 1 aromatic rings. The molecular weight excluding hydrogens is 284 g/mol. The van der Waals surface area contributed by atoms with Crippen LogP contribution in [-0.4, -0.2) is 32.0 Å². The first kappa shape index (κ1) is 16.1. The maximum absolute atomic E-state index is 11.9. The molecule has 0 bridgehead atoms. The van der Waals surface area contributed by atoms with Gasteiger partial charge in [0.1, 0.15) is 6.29 Å². The molecule has 1 amide bonds. The number of nitrogen functional groups attached to an aromatic ring is 1. The van der Waals surface area contributed by atoms with Crippen molar-refractivity contribution in [2.75, 3.05) is 19.5 Å². The van der Waals surface area contributed by atoms with Gasteiger partial charge in [-0.05, 0) is 25.0 Å². The SMILES string of the molecule is COc1cc(C=O)cc(N)c1OCC(=O)NC1CCCCC1. The van der Waals surface area contributed by atoms with Crippen molar-refractivity contribution in [1.29, 1.82) is 0 Å². The second kappa shape index (κ2) is 7.68. The van der Waals surface area contributed by atoms with E-state index in [9.17, 15) is 9.59 Å². The Morgan fingerprint density at radius 1 is 1.36 bits per heavy atom. The van der Waals surface area contributed by atoms with Crippen molar-refractivity contribution < 1.29 is 19.1 Å². The standard InChI is InChI=1S/C16H22N2O4/c1-21-14-8-11(9-19)7-13(17)16(14)22-10-15(20)18-12-5-3-2-4-6-12/h7-9,12H,2-6,10,17H2,1H3,(H,18,20). The van der Waals surface area contributed by atoms with E-state index < -0.39 is 0 Å². The Morgan fingerprint density at radius 3 is 2.73 bits per heavy atom. The third-order valence-corrected chi connectivity index (χ3v) is 3.78. The van der Waals surface area contributed by atoms with Crippen LogP contribution in [-0.2, 0) is 4.79 Å². The summed E-state index contributed by atoms with van der Waals surface area (Å²) >= 11 is 0. The van der Waals surface area contributed by atoms with Crippen LogP contribution in [0, 0.1) is 0 Å². The maximum Gasteiger partial charge on any atom is 0.258 e. The number of nitrogens with one attached hydrogen (secondary N) is 1. The summed E-state index contributed by atoms with van der Waals surface area (Å²) < 4.78 is 10.6. The number of carbonyl (C=O) groups is 2. The van der Waals surface area contributed by atoms with Crippen molar-refractivity contribution >= 4 is 17.9 Å². The zero-order valence-electron chi connectivity index (χ0n) is 12.8. The molecule has 2 rings (SSSR count). The normalized spacial score (nSPS) is 15.1. The van der Waals surface area contributed by atoms with Gasteiger partial charge in [-0.15, -0.1) is 0 Å². The third kappa shape index (κ3) is 4.13. The molecule has 120 valence electrons. The van der Waals surface area contributed by atoms with E-state index >= 15 is 0 Å². The van der Waals surface area contributed by atoms with Crippen LogP contribution in [0.15, 0.2) is 12.1 Å². The fourth-order valence-corrected chi connectivity index (χ4v) is 2.67. The van der Waals surface area contributed by atoms with E-state index in [-0.39, 0.29) is 30.0 Å². The maximum atomic E-state index is 11.9. The first-order chi connectivity index (χ1) is 10.6. The number of benzene rings is 1. The first-order valence-electron chi connectivity index (χ1n) is 7.49. The zero-order valence-corrected chi connectivity index (χ0v) is 12.8. The number of amides is 1.